The van der Waals surface area contributed by atoms with Crippen LogP contribution in [0.15, 0.2) is 76.1 Å². The minimum Gasteiger partial charge on any atom is -0.459 e. The summed E-state index contributed by atoms with van der Waals surface area (Å²) in [6.07, 6.45) is 5.05. The normalized spacial score (nSPS) is 14.9. The Kier molecular flexibility index (Phi) is 4.28. The smallest absolute Gasteiger partial charge is 0.291 e. The van der Waals surface area contributed by atoms with E-state index in [0.29, 0.717) is 23.7 Å². The highest BCUT2D eigenvalue weighted by molar-refractivity contribution is 6.04. The molecule has 4 heterocycles. The average molecular weight is 401 g/mol. The number of carbonyl (C=O) groups is 2. The van der Waals surface area contributed by atoms with E-state index in [1.807, 2.05) is 29.0 Å². The van der Waals surface area contributed by atoms with Gasteiger partial charge in [0.1, 0.15) is 6.04 Å². The number of anilines is 2. The van der Waals surface area contributed by atoms with Crippen LogP contribution in [0, 0.1) is 6.92 Å². The first-order valence-corrected chi connectivity index (χ1v) is 9.58. The number of Topliss-reactive ketones (excluding diaryl/α,β-unsaturated/α-hetero) is 1. The van der Waals surface area contributed by atoms with Gasteiger partial charge in [-0.25, -0.2) is 0 Å². The number of hydrogen-bond donors (Lipinski definition) is 2. The Morgan fingerprint density at radius 2 is 1.87 bits per heavy atom. The van der Waals surface area contributed by atoms with Gasteiger partial charge < -0.3 is 24.0 Å². The van der Waals surface area contributed by atoms with Crippen molar-refractivity contribution in [1.29, 1.82) is 0 Å². The first kappa shape index (κ1) is 18.1. The summed E-state index contributed by atoms with van der Waals surface area (Å²) in [6.45, 7) is 2.45. The second kappa shape index (κ2) is 7.11. The summed E-state index contributed by atoms with van der Waals surface area (Å²) in [4.78, 5) is 25.6. The van der Waals surface area contributed by atoms with E-state index in [-0.39, 0.29) is 17.5 Å². The van der Waals surface area contributed by atoms with Crippen LogP contribution in [0.25, 0.3) is 0 Å². The summed E-state index contributed by atoms with van der Waals surface area (Å²) >= 11 is 0. The second-order valence-electron chi connectivity index (χ2n) is 7.24. The van der Waals surface area contributed by atoms with Crippen molar-refractivity contribution < 1.29 is 18.4 Å². The molecular weight excluding hydrogens is 382 g/mol. The third-order valence-electron chi connectivity index (χ3n) is 5.28. The van der Waals surface area contributed by atoms with Crippen LogP contribution < -0.4 is 10.6 Å². The van der Waals surface area contributed by atoms with Crippen molar-refractivity contribution >= 4 is 23.3 Å². The lowest BCUT2D eigenvalue weighted by Crippen LogP contribution is -2.22. The van der Waals surface area contributed by atoms with Crippen LogP contribution in [0.5, 0.6) is 0 Å². The lowest BCUT2D eigenvalue weighted by molar-refractivity contribution is 0.0965. The van der Waals surface area contributed by atoms with E-state index in [4.69, 9.17) is 8.83 Å². The molecule has 0 radical (unpaired) electrons. The number of hydrogen-bond acceptors (Lipinski definition) is 5. The number of ketones is 1. The van der Waals surface area contributed by atoms with Crippen LogP contribution in [0.2, 0.25) is 0 Å². The number of nitrogens with one attached hydrogen (secondary N) is 2. The maximum Gasteiger partial charge on any atom is 0.291 e. The molecular formula is C23H19N3O4. The summed E-state index contributed by atoms with van der Waals surface area (Å²) in [5, 5.41) is 6.02. The number of aryl methyl sites for hydroxylation is 1. The molecule has 0 saturated carbocycles. The fraction of sp³-hybridized carbons (Fsp3) is 0.130. The number of furan rings is 2. The quantitative estimate of drug-likeness (QED) is 0.487. The minimum absolute atomic E-state index is 0.0843. The van der Waals surface area contributed by atoms with Crippen LogP contribution in [-0.4, -0.2) is 16.3 Å². The molecule has 0 aliphatic carbocycles. The predicted octanol–water partition coefficient (Wildman–Crippen LogP) is 4.63. The molecule has 1 unspecified atom stereocenters. The fourth-order valence-electron chi connectivity index (χ4n) is 3.69. The average Bonchev–Trinajstić information content (AvgIpc) is 3.47. The van der Waals surface area contributed by atoms with Gasteiger partial charge in [0, 0.05) is 34.3 Å². The van der Waals surface area contributed by atoms with Crippen LogP contribution in [-0.2, 0) is 6.54 Å². The summed E-state index contributed by atoms with van der Waals surface area (Å²) in [7, 11) is 0. The molecule has 1 aliphatic rings. The van der Waals surface area contributed by atoms with E-state index in [1.165, 1.54) is 6.26 Å². The molecule has 7 nitrogen and oxygen atoms in total. The highest BCUT2D eigenvalue weighted by Gasteiger charge is 2.29. The molecule has 0 spiro atoms. The molecule has 0 fully saturated rings. The highest BCUT2D eigenvalue weighted by Crippen LogP contribution is 2.31. The molecule has 7 heteroatoms. The molecule has 4 aromatic rings. The van der Waals surface area contributed by atoms with Crippen molar-refractivity contribution in [3.05, 3.63) is 95.4 Å². The van der Waals surface area contributed by atoms with Crippen LogP contribution in [0.1, 0.15) is 43.8 Å². The predicted molar refractivity (Wildman–Crippen MR) is 111 cm³/mol. The number of carbonyl (C=O) groups excluding carboxylic acids is 2. The fourth-order valence-corrected chi connectivity index (χ4v) is 3.69. The minimum atomic E-state index is -0.571. The van der Waals surface area contributed by atoms with Gasteiger partial charge in [0.05, 0.1) is 19.1 Å². The van der Waals surface area contributed by atoms with Crippen molar-refractivity contribution in [3.63, 3.8) is 0 Å². The number of fused-ring (bicyclic) bond motifs is 2. The number of amides is 1. The summed E-state index contributed by atoms with van der Waals surface area (Å²) < 4.78 is 12.8. The van der Waals surface area contributed by atoms with Crippen molar-refractivity contribution in [2.75, 3.05) is 10.6 Å². The zero-order chi connectivity index (χ0) is 20.7. The topological polar surface area (TPSA) is 89.4 Å². The molecule has 0 bridgehead atoms. The van der Waals surface area contributed by atoms with Gasteiger partial charge in [-0.2, -0.15) is 0 Å². The first-order valence-electron chi connectivity index (χ1n) is 9.58. The Hall–Kier alpha value is -4.00. The number of nitrogens with zero attached hydrogens (tertiary/aromatic N) is 1. The van der Waals surface area contributed by atoms with E-state index in [0.717, 1.165) is 16.8 Å². The monoisotopic (exact) mass is 401 g/mol. The van der Waals surface area contributed by atoms with Crippen LogP contribution in [0.4, 0.5) is 11.6 Å². The Morgan fingerprint density at radius 1 is 1.07 bits per heavy atom. The summed E-state index contributed by atoms with van der Waals surface area (Å²) in [5.41, 5.74) is 3.74. The van der Waals surface area contributed by atoms with E-state index in [9.17, 15) is 9.59 Å². The molecule has 150 valence electrons. The van der Waals surface area contributed by atoms with Crippen molar-refractivity contribution in [2.24, 2.45) is 0 Å². The van der Waals surface area contributed by atoms with Crippen LogP contribution in [0.3, 0.4) is 0 Å². The Balaban J connectivity index is 1.38. The summed E-state index contributed by atoms with van der Waals surface area (Å²) in [6, 6.07) is 13.7. The Bertz CT molecular complexity index is 1230. The molecule has 1 aromatic carbocycles. The lowest BCUT2D eigenvalue weighted by Gasteiger charge is -2.17. The molecule has 5 rings (SSSR count). The Labute approximate surface area is 172 Å². The van der Waals surface area contributed by atoms with E-state index < -0.39 is 6.04 Å². The van der Waals surface area contributed by atoms with Gasteiger partial charge in [-0.3, -0.25) is 9.59 Å². The standard InChI is InChI=1S/C23H19N3O4/c1-14-8-11-29-21(14)22(28)24-17-6-4-15(5-7-17)20(27)19-18-3-2-10-26(18)13-16-9-12-30-23(16)25-19/h2-12,19,25H,13H2,1H3,(H,24,28). The zero-order valence-corrected chi connectivity index (χ0v) is 16.2. The highest BCUT2D eigenvalue weighted by atomic mass is 16.3. The molecule has 1 atom stereocenters. The molecule has 1 aliphatic heterocycles. The van der Waals surface area contributed by atoms with Gasteiger partial charge in [-0.05, 0) is 55.5 Å². The number of benzene rings is 1. The van der Waals surface area contributed by atoms with E-state index in [1.54, 1.807) is 43.5 Å². The van der Waals surface area contributed by atoms with E-state index >= 15 is 0 Å². The van der Waals surface area contributed by atoms with Crippen molar-refractivity contribution in [3.8, 4) is 0 Å². The number of aromatic nitrogens is 1. The number of rotatable bonds is 4. The third-order valence-corrected chi connectivity index (χ3v) is 5.28. The molecule has 3 aromatic heterocycles. The third kappa shape index (κ3) is 3.10. The van der Waals surface area contributed by atoms with Gasteiger partial charge in [0.2, 0.25) is 0 Å². The van der Waals surface area contributed by atoms with Gasteiger partial charge in [-0.1, -0.05) is 0 Å². The zero-order valence-electron chi connectivity index (χ0n) is 16.2. The lowest BCUT2D eigenvalue weighted by atomic mass is 10.0. The van der Waals surface area contributed by atoms with E-state index in [2.05, 4.69) is 10.6 Å². The molecule has 1 amide bonds. The van der Waals surface area contributed by atoms with Crippen molar-refractivity contribution in [1.82, 2.24) is 4.57 Å². The first-order chi connectivity index (χ1) is 14.6. The maximum atomic E-state index is 13.3. The Morgan fingerprint density at radius 3 is 2.63 bits per heavy atom. The molecule has 2 N–H and O–H groups in total. The van der Waals surface area contributed by atoms with Gasteiger partial charge in [0.15, 0.2) is 17.4 Å². The second-order valence-corrected chi connectivity index (χ2v) is 7.24. The van der Waals surface area contributed by atoms with Gasteiger partial charge in [0.25, 0.3) is 5.91 Å². The van der Waals surface area contributed by atoms with Gasteiger partial charge >= 0.3 is 0 Å². The van der Waals surface area contributed by atoms with Gasteiger partial charge in [-0.15, -0.1) is 0 Å². The largest absolute Gasteiger partial charge is 0.459 e. The van der Waals surface area contributed by atoms with Crippen molar-refractivity contribution in [2.45, 2.75) is 19.5 Å². The summed E-state index contributed by atoms with van der Waals surface area (Å²) in [5.74, 6) is 0.465. The molecule has 30 heavy (non-hydrogen) atoms. The SMILES string of the molecule is Cc1ccoc1C(=O)Nc1ccc(C(=O)C2Nc3occc3Cn3cccc32)cc1. The molecule has 0 saturated heterocycles. The maximum absolute atomic E-state index is 13.3. The van der Waals surface area contributed by atoms with Crippen LogP contribution >= 0.6 is 0 Å².